The van der Waals surface area contributed by atoms with Gasteiger partial charge in [-0.25, -0.2) is 0 Å². The van der Waals surface area contributed by atoms with Gasteiger partial charge in [0.05, 0.1) is 12.8 Å². The molecule has 0 amide bonds. The van der Waals surface area contributed by atoms with E-state index in [1.807, 2.05) is 30.3 Å². The van der Waals surface area contributed by atoms with E-state index in [1.54, 1.807) is 7.11 Å². The molecule has 156 valence electrons. The van der Waals surface area contributed by atoms with E-state index in [9.17, 15) is 0 Å². The number of rotatable bonds is 6. The first kappa shape index (κ1) is 19.7. The zero-order valence-corrected chi connectivity index (χ0v) is 17.9. The standard InChI is InChI=1S/C29H24N2O/c1-32-27-14-8-11-24(21-27)30-23-17-19-26(20-18-23)31(25-12-3-2-4-13-25)29-16-7-10-22-9-5-6-15-28(22)29/h2-21,30H,1H3. The number of benzene rings is 5. The highest BCUT2D eigenvalue weighted by molar-refractivity contribution is 5.98. The maximum absolute atomic E-state index is 5.33. The molecule has 0 fully saturated rings. The Kier molecular flexibility index (Phi) is 5.46. The van der Waals surface area contributed by atoms with Crippen LogP contribution in [-0.2, 0) is 0 Å². The highest BCUT2D eigenvalue weighted by atomic mass is 16.5. The van der Waals surface area contributed by atoms with Gasteiger partial charge in [-0.3, -0.25) is 0 Å². The average Bonchev–Trinajstić information content (AvgIpc) is 2.86. The molecule has 3 heteroatoms. The minimum absolute atomic E-state index is 0.831. The Morgan fingerprint density at radius 2 is 1.28 bits per heavy atom. The van der Waals surface area contributed by atoms with Crippen molar-refractivity contribution < 1.29 is 4.74 Å². The lowest BCUT2D eigenvalue weighted by atomic mass is 10.1. The number of para-hydroxylation sites is 1. The molecule has 0 spiro atoms. The number of methoxy groups -OCH3 is 1. The molecule has 0 aliphatic carbocycles. The molecule has 0 radical (unpaired) electrons. The van der Waals surface area contributed by atoms with Crippen LogP contribution in [0.15, 0.2) is 121 Å². The summed E-state index contributed by atoms with van der Waals surface area (Å²) in [5, 5.41) is 5.90. The Hall–Kier alpha value is -4.24. The number of anilines is 5. The van der Waals surface area contributed by atoms with E-state index in [1.165, 1.54) is 10.8 Å². The zero-order chi connectivity index (χ0) is 21.8. The van der Waals surface area contributed by atoms with Gasteiger partial charge in [0.1, 0.15) is 5.75 Å². The van der Waals surface area contributed by atoms with Crippen LogP contribution in [0.2, 0.25) is 0 Å². The molecule has 5 aromatic rings. The summed E-state index contributed by atoms with van der Waals surface area (Å²) in [6.07, 6.45) is 0. The minimum Gasteiger partial charge on any atom is -0.497 e. The molecule has 5 rings (SSSR count). The zero-order valence-electron chi connectivity index (χ0n) is 17.9. The predicted octanol–water partition coefficient (Wildman–Crippen LogP) is 8.06. The normalized spacial score (nSPS) is 10.7. The molecule has 3 nitrogen and oxygen atoms in total. The second-order valence-electron chi connectivity index (χ2n) is 7.57. The predicted molar refractivity (Wildman–Crippen MR) is 135 cm³/mol. The van der Waals surface area contributed by atoms with Gasteiger partial charge in [0.25, 0.3) is 0 Å². The molecule has 0 aromatic heterocycles. The molecule has 0 unspecified atom stereocenters. The van der Waals surface area contributed by atoms with Crippen LogP contribution in [0.1, 0.15) is 0 Å². The van der Waals surface area contributed by atoms with E-state index >= 15 is 0 Å². The summed E-state index contributed by atoms with van der Waals surface area (Å²) in [7, 11) is 1.68. The molecule has 0 saturated heterocycles. The Morgan fingerprint density at radius 3 is 2.09 bits per heavy atom. The molecular formula is C29H24N2O. The third-order valence-electron chi connectivity index (χ3n) is 5.51. The summed E-state index contributed by atoms with van der Waals surface area (Å²) in [5.74, 6) is 0.831. The molecule has 5 aromatic carbocycles. The Balaban J connectivity index is 1.54. The summed E-state index contributed by atoms with van der Waals surface area (Å²) in [6.45, 7) is 0. The largest absolute Gasteiger partial charge is 0.497 e. The van der Waals surface area contributed by atoms with E-state index in [0.29, 0.717) is 0 Å². The Labute approximate surface area is 188 Å². The highest BCUT2D eigenvalue weighted by Gasteiger charge is 2.14. The Morgan fingerprint density at radius 1 is 0.594 bits per heavy atom. The highest BCUT2D eigenvalue weighted by Crippen LogP contribution is 2.39. The van der Waals surface area contributed by atoms with Gasteiger partial charge in [-0.15, -0.1) is 0 Å². The third-order valence-corrected chi connectivity index (χ3v) is 5.51. The van der Waals surface area contributed by atoms with Crippen molar-refractivity contribution in [3.8, 4) is 5.75 Å². The van der Waals surface area contributed by atoms with Gasteiger partial charge < -0.3 is 15.0 Å². The van der Waals surface area contributed by atoms with Gasteiger partial charge >= 0.3 is 0 Å². The lowest BCUT2D eigenvalue weighted by Crippen LogP contribution is -2.10. The molecule has 32 heavy (non-hydrogen) atoms. The summed E-state index contributed by atoms with van der Waals surface area (Å²) in [6, 6.07) is 41.9. The molecule has 0 heterocycles. The quantitative estimate of drug-likeness (QED) is 0.303. The van der Waals surface area contributed by atoms with Crippen molar-refractivity contribution in [3.05, 3.63) is 121 Å². The number of hydrogen-bond acceptors (Lipinski definition) is 3. The fourth-order valence-electron chi connectivity index (χ4n) is 3.97. The van der Waals surface area contributed by atoms with Gasteiger partial charge in [-0.1, -0.05) is 60.7 Å². The van der Waals surface area contributed by atoms with Crippen LogP contribution in [0, 0.1) is 0 Å². The van der Waals surface area contributed by atoms with Gasteiger partial charge in [0, 0.05) is 34.2 Å². The maximum Gasteiger partial charge on any atom is 0.120 e. The first-order valence-corrected chi connectivity index (χ1v) is 10.7. The fourth-order valence-corrected chi connectivity index (χ4v) is 3.97. The van der Waals surface area contributed by atoms with E-state index in [4.69, 9.17) is 4.74 Å². The topological polar surface area (TPSA) is 24.5 Å². The number of ether oxygens (including phenoxy) is 1. The fraction of sp³-hybridized carbons (Fsp3) is 0.0345. The first-order valence-electron chi connectivity index (χ1n) is 10.7. The molecule has 0 saturated carbocycles. The Bertz CT molecular complexity index is 1330. The van der Waals surface area contributed by atoms with Crippen molar-refractivity contribution in [2.45, 2.75) is 0 Å². The van der Waals surface area contributed by atoms with Crippen LogP contribution in [0.25, 0.3) is 10.8 Å². The van der Waals surface area contributed by atoms with Crippen LogP contribution in [-0.4, -0.2) is 7.11 Å². The lowest BCUT2D eigenvalue weighted by Gasteiger charge is -2.27. The minimum atomic E-state index is 0.831. The van der Waals surface area contributed by atoms with E-state index in [-0.39, 0.29) is 0 Å². The number of nitrogens with zero attached hydrogens (tertiary/aromatic N) is 1. The van der Waals surface area contributed by atoms with Crippen LogP contribution in [0.4, 0.5) is 28.4 Å². The second kappa shape index (κ2) is 8.86. The molecule has 0 aliphatic rings. The summed E-state index contributed by atoms with van der Waals surface area (Å²) < 4.78 is 5.33. The second-order valence-corrected chi connectivity index (χ2v) is 7.57. The SMILES string of the molecule is COc1cccc(Nc2ccc(N(c3ccccc3)c3cccc4ccccc34)cc2)c1. The van der Waals surface area contributed by atoms with E-state index in [0.717, 1.165) is 34.2 Å². The van der Waals surface area contributed by atoms with Gasteiger partial charge in [0.15, 0.2) is 0 Å². The summed E-state index contributed by atoms with van der Waals surface area (Å²) in [4.78, 5) is 2.30. The van der Waals surface area contributed by atoms with Crippen LogP contribution < -0.4 is 15.0 Å². The van der Waals surface area contributed by atoms with Crippen LogP contribution in [0.5, 0.6) is 5.75 Å². The third kappa shape index (κ3) is 4.01. The monoisotopic (exact) mass is 416 g/mol. The molecule has 0 aliphatic heterocycles. The molecule has 0 bridgehead atoms. The van der Waals surface area contributed by atoms with Crippen molar-refractivity contribution in [1.82, 2.24) is 0 Å². The van der Waals surface area contributed by atoms with Crippen molar-refractivity contribution in [3.63, 3.8) is 0 Å². The van der Waals surface area contributed by atoms with Crippen molar-refractivity contribution in [2.75, 3.05) is 17.3 Å². The van der Waals surface area contributed by atoms with Crippen molar-refractivity contribution in [2.24, 2.45) is 0 Å². The first-order chi connectivity index (χ1) is 15.8. The summed E-state index contributed by atoms with van der Waals surface area (Å²) in [5.41, 5.74) is 5.39. The van der Waals surface area contributed by atoms with Crippen LogP contribution >= 0.6 is 0 Å². The molecular weight excluding hydrogens is 392 g/mol. The van der Waals surface area contributed by atoms with Gasteiger partial charge in [-0.2, -0.15) is 0 Å². The smallest absolute Gasteiger partial charge is 0.120 e. The number of nitrogens with one attached hydrogen (secondary N) is 1. The van der Waals surface area contributed by atoms with E-state index in [2.05, 4.69) is 101 Å². The lowest BCUT2D eigenvalue weighted by molar-refractivity contribution is 0.415. The van der Waals surface area contributed by atoms with Gasteiger partial charge in [-0.05, 0) is 60.0 Å². The molecule has 0 atom stereocenters. The van der Waals surface area contributed by atoms with E-state index < -0.39 is 0 Å². The molecule has 1 N–H and O–H groups in total. The summed E-state index contributed by atoms with van der Waals surface area (Å²) >= 11 is 0. The average molecular weight is 417 g/mol. The number of fused-ring (bicyclic) bond motifs is 1. The van der Waals surface area contributed by atoms with Crippen molar-refractivity contribution in [1.29, 1.82) is 0 Å². The maximum atomic E-state index is 5.33. The van der Waals surface area contributed by atoms with Crippen molar-refractivity contribution >= 4 is 39.2 Å². The van der Waals surface area contributed by atoms with Gasteiger partial charge in [0.2, 0.25) is 0 Å². The van der Waals surface area contributed by atoms with Crippen LogP contribution in [0.3, 0.4) is 0 Å². The number of hydrogen-bond donors (Lipinski definition) is 1.